The maximum atomic E-state index is 13.7. The number of carbonyl (C=O) groups excluding carboxylic acids is 3. The molecule has 4 aliphatic rings. The van der Waals surface area contributed by atoms with Crippen molar-refractivity contribution in [1.82, 2.24) is 4.90 Å². The highest BCUT2D eigenvalue weighted by atomic mass is 16.5. The van der Waals surface area contributed by atoms with Crippen molar-refractivity contribution in [3.63, 3.8) is 0 Å². The molecule has 1 aromatic rings. The predicted molar refractivity (Wildman–Crippen MR) is 140 cm³/mol. The van der Waals surface area contributed by atoms with Gasteiger partial charge in [0.1, 0.15) is 28.6 Å². The number of rotatable bonds is 7. The summed E-state index contributed by atoms with van der Waals surface area (Å²) < 4.78 is 5.78. The fraction of sp³-hybridized carbons (Fsp3) is 0.552. The van der Waals surface area contributed by atoms with E-state index in [-0.39, 0.29) is 36.1 Å². The molecule has 10 heteroatoms. The van der Waals surface area contributed by atoms with Crippen LogP contribution in [0, 0.1) is 17.3 Å². The van der Waals surface area contributed by atoms with Crippen LogP contribution in [0.4, 0.5) is 0 Å². The van der Waals surface area contributed by atoms with Crippen LogP contribution in [-0.2, 0) is 22.6 Å². The summed E-state index contributed by atoms with van der Waals surface area (Å²) in [7, 11) is 3.54. The molecular weight excluding hydrogens is 504 g/mol. The monoisotopic (exact) mass is 540 g/mol. The van der Waals surface area contributed by atoms with Crippen molar-refractivity contribution in [2.45, 2.75) is 64.0 Å². The number of carbonyl (C=O) groups is 3. The molecule has 0 bridgehead atoms. The van der Waals surface area contributed by atoms with E-state index in [4.69, 9.17) is 10.5 Å². The maximum Gasteiger partial charge on any atom is 0.255 e. The number of ketones is 2. The van der Waals surface area contributed by atoms with Crippen LogP contribution in [0.3, 0.4) is 0 Å². The highest BCUT2D eigenvalue weighted by Crippen LogP contribution is 2.53. The lowest BCUT2D eigenvalue weighted by atomic mass is 9.60. The summed E-state index contributed by atoms with van der Waals surface area (Å²) in [5.74, 6) is -5.95. The van der Waals surface area contributed by atoms with E-state index in [0.717, 1.165) is 18.5 Å². The SMILES string of the molecule is CCC1(CN(C)Cc2cc(O)c3c(c2OC)CC2C[C@H]4CC(O)=C(C(N)=O)C(=O)[C@@]4(O)C(O)=C2C3=O)CCC1. The Morgan fingerprint density at radius 1 is 1.21 bits per heavy atom. The maximum absolute atomic E-state index is 13.7. The number of Topliss-reactive ketones (excluding diaryl/α,β-unsaturated/α-hetero) is 2. The number of ether oxygens (including phenoxy) is 1. The Morgan fingerprint density at radius 2 is 1.90 bits per heavy atom. The van der Waals surface area contributed by atoms with Gasteiger partial charge in [0.15, 0.2) is 11.4 Å². The third kappa shape index (κ3) is 3.95. The van der Waals surface area contributed by atoms with E-state index in [2.05, 4.69) is 11.8 Å². The lowest BCUT2D eigenvalue weighted by molar-refractivity contribution is -0.144. The van der Waals surface area contributed by atoms with Gasteiger partial charge in [-0.1, -0.05) is 13.3 Å². The van der Waals surface area contributed by atoms with Gasteiger partial charge in [0.2, 0.25) is 5.78 Å². The summed E-state index contributed by atoms with van der Waals surface area (Å²) in [4.78, 5) is 40.8. The number of aliphatic hydroxyl groups is 3. The van der Waals surface area contributed by atoms with Gasteiger partial charge < -0.3 is 35.8 Å². The van der Waals surface area contributed by atoms with Crippen LogP contribution in [0.1, 0.15) is 66.9 Å². The van der Waals surface area contributed by atoms with Gasteiger partial charge in [-0.25, -0.2) is 0 Å². The van der Waals surface area contributed by atoms with Gasteiger partial charge >= 0.3 is 0 Å². The van der Waals surface area contributed by atoms with Crippen molar-refractivity contribution in [3.8, 4) is 11.5 Å². The second-order valence-electron chi connectivity index (χ2n) is 11.7. The van der Waals surface area contributed by atoms with E-state index in [1.165, 1.54) is 32.4 Å². The lowest BCUT2D eigenvalue weighted by Gasteiger charge is -2.45. The number of hydrogen-bond donors (Lipinski definition) is 5. The third-order valence-corrected chi connectivity index (χ3v) is 9.50. The summed E-state index contributed by atoms with van der Waals surface area (Å²) in [6, 6.07) is 1.50. The highest BCUT2D eigenvalue weighted by Gasteiger charge is 2.59. The number of aliphatic hydroxyl groups excluding tert-OH is 2. The van der Waals surface area contributed by atoms with E-state index in [1.54, 1.807) is 0 Å². The standard InChI is InChI=1S/C29H36N2O8/c1-4-28(6-5-7-28)13-31(2)12-15-10-18(32)21-17(24(15)39-3)9-14-8-16-11-19(33)22(27(30)37)26(36)29(16,38)25(35)20(14)23(21)34/h10,14,16,32-33,35,38H,4-9,11-13H2,1-3H3,(H2,30,37)/t14?,16-,29-/m0/s1. The fourth-order valence-electron chi connectivity index (χ4n) is 7.32. The van der Waals surface area contributed by atoms with E-state index < -0.39 is 52.0 Å². The van der Waals surface area contributed by atoms with Gasteiger partial charge in [0.05, 0.1) is 12.7 Å². The first-order valence-electron chi connectivity index (χ1n) is 13.5. The van der Waals surface area contributed by atoms with Crippen LogP contribution < -0.4 is 10.5 Å². The summed E-state index contributed by atoms with van der Waals surface area (Å²) >= 11 is 0. The Labute approximate surface area is 226 Å². The summed E-state index contributed by atoms with van der Waals surface area (Å²) in [5, 5.41) is 43.9. The third-order valence-electron chi connectivity index (χ3n) is 9.50. The Hall–Kier alpha value is -3.37. The Bertz CT molecular complexity index is 1340. The molecule has 1 fully saturated rings. The zero-order valence-electron chi connectivity index (χ0n) is 22.5. The lowest BCUT2D eigenvalue weighted by Crippen LogP contribution is -2.57. The highest BCUT2D eigenvalue weighted by molar-refractivity contribution is 6.24. The number of primary amides is 1. The largest absolute Gasteiger partial charge is 0.511 e. The van der Waals surface area contributed by atoms with Crippen molar-refractivity contribution in [1.29, 1.82) is 0 Å². The van der Waals surface area contributed by atoms with Crippen molar-refractivity contribution >= 4 is 17.5 Å². The molecule has 1 saturated carbocycles. The molecule has 0 radical (unpaired) electrons. The average Bonchev–Trinajstić information content (AvgIpc) is 2.83. The summed E-state index contributed by atoms with van der Waals surface area (Å²) in [6.45, 7) is 3.62. The number of methoxy groups -OCH3 is 1. The molecule has 5 rings (SSSR count). The molecule has 1 aromatic carbocycles. The quantitative estimate of drug-likeness (QED) is 0.326. The first-order chi connectivity index (χ1) is 18.4. The molecule has 0 heterocycles. The molecular formula is C29H36N2O8. The molecule has 6 N–H and O–H groups in total. The van der Waals surface area contributed by atoms with Crippen LogP contribution in [0.15, 0.2) is 28.7 Å². The van der Waals surface area contributed by atoms with Crippen LogP contribution in [0.2, 0.25) is 0 Å². The minimum absolute atomic E-state index is 0.0427. The van der Waals surface area contributed by atoms with Gasteiger partial charge in [0.25, 0.3) is 5.91 Å². The number of allylic oxidation sites excluding steroid dienone is 2. The van der Waals surface area contributed by atoms with Crippen molar-refractivity contribution in [3.05, 3.63) is 45.4 Å². The number of hydrogen-bond acceptors (Lipinski definition) is 9. The molecule has 0 saturated heterocycles. The number of amides is 1. The number of nitrogens with zero attached hydrogens (tertiary/aromatic N) is 1. The zero-order chi connectivity index (χ0) is 28.4. The average molecular weight is 541 g/mol. The van der Waals surface area contributed by atoms with Crippen molar-refractivity contribution < 1.29 is 39.5 Å². The Balaban J connectivity index is 1.54. The molecule has 210 valence electrons. The summed E-state index contributed by atoms with van der Waals surface area (Å²) in [5.41, 5.74) is 3.20. The molecule has 39 heavy (non-hydrogen) atoms. The van der Waals surface area contributed by atoms with Crippen LogP contribution >= 0.6 is 0 Å². The number of aromatic hydroxyl groups is 1. The summed E-state index contributed by atoms with van der Waals surface area (Å²) in [6.07, 6.45) is 4.74. The van der Waals surface area contributed by atoms with Gasteiger partial charge in [-0.3, -0.25) is 14.4 Å². The van der Waals surface area contributed by atoms with Crippen molar-refractivity contribution in [2.75, 3.05) is 20.7 Å². The Morgan fingerprint density at radius 3 is 2.46 bits per heavy atom. The number of fused-ring (bicyclic) bond motifs is 3. The molecule has 0 spiro atoms. The topological polar surface area (TPSA) is 171 Å². The van der Waals surface area contributed by atoms with Crippen LogP contribution in [0.25, 0.3) is 0 Å². The second kappa shape index (κ2) is 9.38. The van der Waals surface area contributed by atoms with Crippen molar-refractivity contribution in [2.24, 2.45) is 23.0 Å². The molecule has 4 aliphatic carbocycles. The van der Waals surface area contributed by atoms with Gasteiger partial charge in [-0.05, 0) is 56.6 Å². The van der Waals surface area contributed by atoms with E-state index in [0.29, 0.717) is 23.3 Å². The smallest absolute Gasteiger partial charge is 0.255 e. The van der Waals surface area contributed by atoms with E-state index in [1.807, 2.05) is 7.05 Å². The normalized spacial score (nSPS) is 27.6. The van der Waals surface area contributed by atoms with E-state index in [9.17, 15) is 34.8 Å². The molecule has 3 atom stereocenters. The Kier molecular flexibility index (Phi) is 6.54. The number of nitrogens with two attached hydrogens (primary N) is 1. The minimum atomic E-state index is -2.57. The van der Waals surface area contributed by atoms with Crippen LogP contribution in [-0.4, -0.2) is 69.1 Å². The molecule has 0 aromatic heterocycles. The second-order valence-corrected chi connectivity index (χ2v) is 11.7. The first-order valence-corrected chi connectivity index (χ1v) is 13.5. The number of benzene rings is 1. The molecule has 10 nitrogen and oxygen atoms in total. The number of phenols is 1. The van der Waals surface area contributed by atoms with Crippen LogP contribution in [0.5, 0.6) is 11.5 Å². The minimum Gasteiger partial charge on any atom is -0.511 e. The molecule has 1 unspecified atom stereocenters. The fourth-order valence-corrected chi connectivity index (χ4v) is 7.32. The van der Waals surface area contributed by atoms with E-state index >= 15 is 0 Å². The van der Waals surface area contributed by atoms with Gasteiger partial charge in [-0.2, -0.15) is 0 Å². The molecule has 0 aliphatic heterocycles. The zero-order valence-corrected chi connectivity index (χ0v) is 22.5. The van der Waals surface area contributed by atoms with Gasteiger partial charge in [-0.15, -0.1) is 0 Å². The molecule has 1 amide bonds. The first kappa shape index (κ1) is 27.2. The number of phenolic OH excluding ortho intramolecular Hbond substituents is 1. The van der Waals surface area contributed by atoms with Gasteiger partial charge in [0, 0.05) is 42.1 Å². The predicted octanol–water partition coefficient (Wildman–Crippen LogP) is 2.60.